The summed E-state index contributed by atoms with van der Waals surface area (Å²) < 4.78 is 22.2. The Morgan fingerprint density at radius 3 is 2.64 bits per heavy atom. The quantitative estimate of drug-likeness (QED) is 0.570. The molecule has 4 saturated carbocycles. The molecule has 3 unspecified atom stereocenters. The van der Waals surface area contributed by atoms with E-state index in [1.54, 1.807) is 0 Å². The van der Waals surface area contributed by atoms with Crippen LogP contribution in [0.15, 0.2) is 11.6 Å². The van der Waals surface area contributed by atoms with Crippen LogP contribution in [0.2, 0.25) is 0 Å². The summed E-state index contributed by atoms with van der Waals surface area (Å²) in [4.78, 5) is 24.2. The zero-order valence-corrected chi connectivity index (χ0v) is 17.2. The van der Waals surface area contributed by atoms with Crippen LogP contribution in [0.3, 0.4) is 0 Å². The Morgan fingerprint density at radius 1 is 1.14 bits per heavy atom. The lowest BCUT2D eigenvalue weighted by Gasteiger charge is -2.62. The number of allylic oxidation sites excluding steroid dienone is 1. The van der Waals surface area contributed by atoms with Gasteiger partial charge in [0.05, 0.1) is 0 Å². The summed E-state index contributed by atoms with van der Waals surface area (Å²) in [5, 5.41) is 0. The van der Waals surface area contributed by atoms with Crippen molar-refractivity contribution in [3.05, 3.63) is 11.6 Å². The molecule has 1 heterocycles. The Hall–Kier alpha value is -1.19. The van der Waals surface area contributed by atoms with E-state index in [1.807, 2.05) is 6.08 Å². The third kappa shape index (κ3) is 1.82. The molecule has 3 nitrogen and oxygen atoms in total. The number of carbonyl (C=O) groups is 2. The summed E-state index contributed by atoms with van der Waals surface area (Å²) in [7, 11) is 0. The number of hydrogen-bond acceptors (Lipinski definition) is 3. The lowest BCUT2D eigenvalue weighted by molar-refractivity contribution is -0.192. The number of ether oxygens (including phenoxy) is 1. The van der Waals surface area contributed by atoms with E-state index in [-0.39, 0.29) is 28.5 Å². The largest absolute Gasteiger partial charge is 0.458 e. The van der Waals surface area contributed by atoms with Gasteiger partial charge in [0.15, 0.2) is 5.78 Å². The van der Waals surface area contributed by atoms with E-state index in [1.165, 1.54) is 5.57 Å². The van der Waals surface area contributed by atoms with E-state index in [0.717, 1.165) is 25.7 Å². The number of ketones is 1. The third-order valence-corrected chi connectivity index (χ3v) is 10.3. The lowest BCUT2D eigenvalue weighted by Crippen LogP contribution is -2.62. The first kappa shape index (κ1) is 17.7. The van der Waals surface area contributed by atoms with Crippen molar-refractivity contribution in [2.45, 2.75) is 77.5 Å². The molecule has 5 fully saturated rings. The van der Waals surface area contributed by atoms with Crippen LogP contribution in [0.1, 0.15) is 65.7 Å². The van der Waals surface area contributed by atoms with Gasteiger partial charge in [0.2, 0.25) is 0 Å². The van der Waals surface area contributed by atoms with Gasteiger partial charge < -0.3 is 4.74 Å². The fraction of sp³-hybridized carbons (Fsp3) is 0.833. The van der Waals surface area contributed by atoms with Gasteiger partial charge in [-0.1, -0.05) is 26.3 Å². The average Bonchev–Trinajstić information content (AvgIpc) is 3.25. The molecule has 5 aliphatic carbocycles. The molecule has 4 heteroatoms. The molecule has 6 aliphatic rings. The topological polar surface area (TPSA) is 43.4 Å². The summed E-state index contributed by atoms with van der Waals surface area (Å²) >= 11 is 0. The van der Waals surface area contributed by atoms with Crippen molar-refractivity contribution in [1.29, 1.82) is 0 Å². The van der Waals surface area contributed by atoms with Gasteiger partial charge in [-0.2, -0.15) is 0 Å². The van der Waals surface area contributed by atoms with Gasteiger partial charge in [0.1, 0.15) is 11.8 Å². The van der Waals surface area contributed by atoms with Crippen LogP contribution in [-0.2, 0) is 14.3 Å². The lowest BCUT2D eigenvalue weighted by atomic mass is 9.43. The highest BCUT2D eigenvalue weighted by Crippen LogP contribution is 2.79. The van der Waals surface area contributed by atoms with Crippen LogP contribution < -0.4 is 0 Å². The van der Waals surface area contributed by atoms with Crippen LogP contribution in [0.25, 0.3) is 0 Å². The molecule has 0 aromatic heterocycles. The van der Waals surface area contributed by atoms with Gasteiger partial charge >= 0.3 is 5.97 Å². The molecular weight excluding hydrogens is 355 g/mol. The van der Waals surface area contributed by atoms with Crippen molar-refractivity contribution in [2.24, 2.45) is 46.3 Å². The van der Waals surface area contributed by atoms with Gasteiger partial charge in [-0.3, -0.25) is 9.59 Å². The molecule has 1 spiro atoms. The number of rotatable bonds is 0. The molecule has 1 saturated heterocycles. The van der Waals surface area contributed by atoms with E-state index in [2.05, 4.69) is 20.8 Å². The van der Waals surface area contributed by atoms with Crippen LogP contribution in [0, 0.1) is 46.3 Å². The average molecular weight is 387 g/mol. The van der Waals surface area contributed by atoms with Gasteiger partial charge in [0, 0.05) is 30.1 Å². The predicted octanol–water partition coefficient (Wildman–Crippen LogP) is 4.64. The molecular formula is C24H31FO3. The van der Waals surface area contributed by atoms with E-state index in [0.29, 0.717) is 48.9 Å². The second kappa shape index (κ2) is 5.10. The predicted molar refractivity (Wildman–Crippen MR) is 102 cm³/mol. The molecule has 0 amide bonds. The Labute approximate surface area is 166 Å². The van der Waals surface area contributed by atoms with Gasteiger partial charge in [-0.05, 0) is 67.3 Å². The SMILES string of the molecule is C[C@H]1CC2=CC(=O)CC[C@]2(C)C2C1C1[C@@H]3C[C@@H]3[C@@]3(CCC(=O)O3)[C@@]1(C)C[C@@H]2F. The maximum atomic E-state index is 16.1. The zero-order chi connectivity index (χ0) is 19.6. The Bertz CT molecular complexity index is 819. The van der Waals surface area contributed by atoms with E-state index >= 15 is 4.39 Å². The molecule has 6 rings (SSSR count). The van der Waals surface area contributed by atoms with E-state index < -0.39 is 11.8 Å². The van der Waals surface area contributed by atoms with Gasteiger partial charge in [0.25, 0.3) is 0 Å². The second-order valence-corrected chi connectivity index (χ2v) is 11.4. The first-order valence-electron chi connectivity index (χ1n) is 11.3. The first-order chi connectivity index (χ1) is 13.2. The molecule has 0 bridgehead atoms. The molecule has 10 atom stereocenters. The number of alkyl halides is 1. The standard InChI is InChI=1S/C24H31FO3/c1-12-8-13-9-14(26)4-6-22(13,2)21-17(25)11-23(3)20(19(12)21)15-10-16(15)24(23)7-5-18(27)28-24/h9,12,15-17,19-21H,4-8,10-11H2,1-3H3/t12-,15+,16-,17-,19?,20?,21?,22-,23-,24-/m0/s1. The number of halogens is 1. The van der Waals surface area contributed by atoms with Gasteiger partial charge in [-0.15, -0.1) is 0 Å². The van der Waals surface area contributed by atoms with E-state index in [4.69, 9.17) is 4.74 Å². The van der Waals surface area contributed by atoms with Crippen molar-refractivity contribution in [3.8, 4) is 0 Å². The number of hydrogen-bond donors (Lipinski definition) is 0. The van der Waals surface area contributed by atoms with Crippen molar-refractivity contribution in [3.63, 3.8) is 0 Å². The minimum Gasteiger partial charge on any atom is -0.458 e. The number of esters is 1. The Balaban J connectivity index is 1.46. The molecule has 28 heavy (non-hydrogen) atoms. The van der Waals surface area contributed by atoms with Crippen molar-refractivity contribution in [1.82, 2.24) is 0 Å². The molecule has 0 aromatic carbocycles. The normalized spacial score (nSPS) is 59.1. The van der Waals surface area contributed by atoms with Crippen LogP contribution in [0.4, 0.5) is 4.39 Å². The molecule has 0 N–H and O–H groups in total. The summed E-state index contributed by atoms with van der Waals surface area (Å²) in [6.45, 7) is 6.75. The maximum Gasteiger partial charge on any atom is 0.306 e. The number of carbonyl (C=O) groups excluding carboxylic acids is 2. The highest BCUT2D eigenvalue weighted by molar-refractivity contribution is 5.91. The van der Waals surface area contributed by atoms with Crippen molar-refractivity contribution >= 4 is 11.8 Å². The third-order valence-electron chi connectivity index (χ3n) is 10.3. The van der Waals surface area contributed by atoms with Crippen LogP contribution in [0.5, 0.6) is 0 Å². The van der Waals surface area contributed by atoms with Crippen molar-refractivity contribution < 1.29 is 18.7 Å². The van der Waals surface area contributed by atoms with Crippen molar-refractivity contribution in [2.75, 3.05) is 0 Å². The van der Waals surface area contributed by atoms with Gasteiger partial charge in [-0.25, -0.2) is 4.39 Å². The monoisotopic (exact) mass is 386 g/mol. The second-order valence-electron chi connectivity index (χ2n) is 11.4. The fourth-order valence-electron chi connectivity index (χ4n) is 9.26. The van der Waals surface area contributed by atoms with Crippen LogP contribution in [-0.4, -0.2) is 23.5 Å². The zero-order valence-electron chi connectivity index (χ0n) is 17.2. The minimum absolute atomic E-state index is 0.00202. The smallest absolute Gasteiger partial charge is 0.306 e. The summed E-state index contributed by atoms with van der Waals surface area (Å²) in [6.07, 6.45) is 6.20. The fourth-order valence-corrected chi connectivity index (χ4v) is 9.26. The maximum absolute atomic E-state index is 16.1. The van der Waals surface area contributed by atoms with Crippen LogP contribution >= 0.6 is 0 Å². The highest BCUT2D eigenvalue weighted by Gasteiger charge is 2.80. The molecule has 0 radical (unpaired) electrons. The highest BCUT2D eigenvalue weighted by atomic mass is 19.1. The van der Waals surface area contributed by atoms with E-state index in [9.17, 15) is 9.59 Å². The molecule has 152 valence electrons. The Kier molecular flexibility index (Phi) is 3.22. The summed E-state index contributed by atoms with van der Waals surface area (Å²) in [5.74, 6) is 2.35. The Morgan fingerprint density at radius 2 is 1.93 bits per heavy atom. The summed E-state index contributed by atoms with van der Waals surface area (Å²) in [6, 6.07) is 0. The molecule has 0 aromatic rings. The first-order valence-corrected chi connectivity index (χ1v) is 11.3. The minimum atomic E-state index is -0.885. The number of fused-ring (bicyclic) bond motifs is 9. The summed E-state index contributed by atoms with van der Waals surface area (Å²) in [5.41, 5.74) is 0.381. The molecule has 1 aliphatic heterocycles.